The van der Waals surface area contributed by atoms with E-state index in [9.17, 15) is 4.79 Å². The summed E-state index contributed by atoms with van der Waals surface area (Å²) >= 11 is 0. The van der Waals surface area contributed by atoms with Gasteiger partial charge < -0.3 is 15.1 Å². The molecule has 24 heavy (non-hydrogen) atoms. The van der Waals surface area contributed by atoms with E-state index in [-0.39, 0.29) is 5.91 Å². The molecular weight excluding hydrogens is 300 g/mol. The molecule has 3 rings (SSSR count). The van der Waals surface area contributed by atoms with Crippen molar-refractivity contribution in [2.75, 3.05) is 66.0 Å². The minimum absolute atomic E-state index is 0.220. The molecule has 3 heterocycles. The van der Waals surface area contributed by atoms with Crippen LogP contribution in [-0.2, 0) is 4.79 Å². The molecule has 0 spiro atoms. The van der Waals surface area contributed by atoms with E-state index < -0.39 is 0 Å². The molecule has 3 aliphatic heterocycles. The van der Waals surface area contributed by atoms with Crippen molar-refractivity contribution in [1.82, 2.24) is 20.0 Å². The van der Waals surface area contributed by atoms with Gasteiger partial charge in [0.2, 0.25) is 5.91 Å². The Balaban J connectivity index is 1.34. The first-order valence-corrected chi connectivity index (χ1v) is 9.92. The molecule has 0 aliphatic carbocycles. The van der Waals surface area contributed by atoms with Gasteiger partial charge in [0.05, 0.1) is 6.54 Å². The number of hydrogen-bond donors (Lipinski definition) is 1. The van der Waals surface area contributed by atoms with Crippen LogP contribution in [0.1, 0.15) is 39.0 Å². The van der Waals surface area contributed by atoms with E-state index in [1.54, 1.807) is 0 Å². The fraction of sp³-hybridized carbons (Fsp3) is 0.947. The molecule has 1 atom stereocenters. The van der Waals surface area contributed by atoms with Gasteiger partial charge in [0.15, 0.2) is 0 Å². The van der Waals surface area contributed by atoms with E-state index >= 15 is 0 Å². The normalized spacial score (nSPS) is 29.2. The molecule has 5 nitrogen and oxygen atoms in total. The number of rotatable bonds is 6. The van der Waals surface area contributed by atoms with Crippen molar-refractivity contribution in [2.24, 2.45) is 11.3 Å². The molecule has 0 saturated carbocycles. The van der Waals surface area contributed by atoms with Gasteiger partial charge in [0, 0.05) is 19.6 Å². The number of carbonyl (C=O) groups is 1. The lowest BCUT2D eigenvalue weighted by molar-refractivity contribution is -0.122. The molecule has 3 aliphatic rings. The first kappa shape index (κ1) is 18.2. The molecule has 0 radical (unpaired) electrons. The molecule has 1 N–H and O–H groups in total. The maximum atomic E-state index is 12.1. The lowest BCUT2D eigenvalue weighted by atomic mass is 9.80. The van der Waals surface area contributed by atoms with Gasteiger partial charge in [-0.1, -0.05) is 6.92 Å². The monoisotopic (exact) mass is 336 g/mol. The summed E-state index contributed by atoms with van der Waals surface area (Å²) in [4.78, 5) is 19.4. The predicted molar refractivity (Wildman–Crippen MR) is 98.1 cm³/mol. The van der Waals surface area contributed by atoms with Crippen molar-refractivity contribution in [3.63, 3.8) is 0 Å². The summed E-state index contributed by atoms with van der Waals surface area (Å²) in [6, 6.07) is 0. The van der Waals surface area contributed by atoms with Crippen LogP contribution in [-0.4, -0.2) is 86.6 Å². The Morgan fingerprint density at radius 1 is 1.08 bits per heavy atom. The molecule has 1 unspecified atom stereocenters. The van der Waals surface area contributed by atoms with Crippen LogP contribution in [0.4, 0.5) is 0 Å². The average molecular weight is 337 g/mol. The maximum Gasteiger partial charge on any atom is 0.234 e. The van der Waals surface area contributed by atoms with Crippen LogP contribution in [0, 0.1) is 11.3 Å². The Morgan fingerprint density at radius 3 is 2.50 bits per heavy atom. The minimum atomic E-state index is 0.220. The van der Waals surface area contributed by atoms with Crippen LogP contribution < -0.4 is 5.32 Å². The van der Waals surface area contributed by atoms with Gasteiger partial charge in [-0.3, -0.25) is 9.69 Å². The third kappa shape index (κ3) is 5.17. The Bertz CT molecular complexity index is 414. The van der Waals surface area contributed by atoms with Crippen molar-refractivity contribution < 1.29 is 4.79 Å². The SMILES string of the molecule is CN1CCC(C)(CN2CCC(CNC(=O)CN3CCCC3)C2)CC1. The second-order valence-electron chi connectivity index (χ2n) is 8.79. The second kappa shape index (κ2) is 8.15. The first-order chi connectivity index (χ1) is 11.5. The van der Waals surface area contributed by atoms with Crippen molar-refractivity contribution >= 4 is 5.91 Å². The summed E-state index contributed by atoms with van der Waals surface area (Å²) in [5.41, 5.74) is 0.487. The van der Waals surface area contributed by atoms with Crippen LogP contribution in [0.2, 0.25) is 0 Å². The van der Waals surface area contributed by atoms with Crippen molar-refractivity contribution in [3.8, 4) is 0 Å². The molecule has 0 bridgehead atoms. The summed E-state index contributed by atoms with van der Waals surface area (Å²) in [5, 5.41) is 3.18. The summed E-state index contributed by atoms with van der Waals surface area (Å²) < 4.78 is 0. The summed E-state index contributed by atoms with van der Waals surface area (Å²) in [6.07, 6.45) is 6.37. The summed E-state index contributed by atoms with van der Waals surface area (Å²) in [5.74, 6) is 0.861. The third-order valence-corrected chi connectivity index (χ3v) is 6.32. The fourth-order valence-corrected chi connectivity index (χ4v) is 4.54. The molecule has 3 fully saturated rings. The standard InChI is InChI=1S/C19H36N4O/c1-19(6-11-21(2)12-7-19)16-23-10-5-17(14-23)13-20-18(24)15-22-8-3-4-9-22/h17H,3-16H2,1-2H3,(H,20,24). The van der Waals surface area contributed by atoms with Crippen LogP contribution >= 0.6 is 0 Å². The predicted octanol–water partition coefficient (Wildman–Crippen LogP) is 1.25. The van der Waals surface area contributed by atoms with E-state index in [0.29, 0.717) is 17.9 Å². The van der Waals surface area contributed by atoms with E-state index in [1.807, 2.05) is 0 Å². The van der Waals surface area contributed by atoms with Gasteiger partial charge in [-0.15, -0.1) is 0 Å². The van der Waals surface area contributed by atoms with Gasteiger partial charge >= 0.3 is 0 Å². The van der Waals surface area contributed by atoms with Gasteiger partial charge in [0.25, 0.3) is 0 Å². The highest BCUT2D eigenvalue weighted by molar-refractivity contribution is 5.78. The highest BCUT2D eigenvalue weighted by atomic mass is 16.2. The Labute approximate surface area is 147 Å². The zero-order valence-corrected chi connectivity index (χ0v) is 15.7. The van der Waals surface area contributed by atoms with Gasteiger partial charge in [-0.2, -0.15) is 0 Å². The zero-order chi connectivity index (χ0) is 17.0. The highest BCUT2D eigenvalue weighted by Gasteiger charge is 2.33. The second-order valence-corrected chi connectivity index (χ2v) is 8.79. The number of carbonyl (C=O) groups excluding carboxylic acids is 1. The largest absolute Gasteiger partial charge is 0.355 e. The molecule has 138 valence electrons. The number of amides is 1. The lowest BCUT2D eigenvalue weighted by Gasteiger charge is -2.40. The smallest absolute Gasteiger partial charge is 0.234 e. The minimum Gasteiger partial charge on any atom is -0.355 e. The molecule has 0 aromatic carbocycles. The fourth-order valence-electron chi connectivity index (χ4n) is 4.54. The van der Waals surface area contributed by atoms with Crippen LogP contribution in [0.15, 0.2) is 0 Å². The molecule has 3 saturated heterocycles. The van der Waals surface area contributed by atoms with Gasteiger partial charge in [-0.05, 0) is 83.2 Å². The van der Waals surface area contributed by atoms with Crippen LogP contribution in [0.5, 0.6) is 0 Å². The van der Waals surface area contributed by atoms with E-state index in [2.05, 4.69) is 34.0 Å². The van der Waals surface area contributed by atoms with Crippen LogP contribution in [0.25, 0.3) is 0 Å². The number of nitrogens with zero attached hydrogens (tertiary/aromatic N) is 3. The van der Waals surface area contributed by atoms with Gasteiger partial charge in [0.1, 0.15) is 0 Å². The Hall–Kier alpha value is -0.650. The topological polar surface area (TPSA) is 38.8 Å². The van der Waals surface area contributed by atoms with E-state index in [1.165, 1.54) is 58.3 Å². The maximum absolute atomic E-state index is 12.1. The van der Waals surface area contributed by atoms with Crippen molar-refractivity contribution in [3.05, 3.63) is 0 Å². The van der Waals surface area contributed by atoms with Gasteiger partial charge in [-0.25, -0.2) is 0 Å². The van der Waals surface area contributed by atoms with E-state index in [0.717, 1.165) is 26.2 Å². The summed E-state index contributed by atoms with van der Waals surface area (Å²) in [6.45, 7) is 12.2. The highest BCUT2D eigenvalue weighted by Crippen LogP contribution is 2.32. The van der Waals surface area contributed by atoms with Crippen molar-refractivity contribution in [2.45, 2.75) is 39.0 Å². The molecule has 0 aromatic heterocycles. The molecule has 5 heteroatoms. The number of piperidine rings is 1. The molecular formula is C19H36N4O. The molecule has 0 aromatic rings. The lowest BCUT2D eigenvalue weighted by Crippen LogP contribution is -2.43. The Kier molecular flexibility index (Phi) is 6.17. The molecule has 1 amide bonds. The van der Waals surface area contributed by atoms with Crippen LogP contribution in [0.3, 0.4) is 0 Å². The third-order valence-electron chi connectivity index (χ3n) is 6.32. The average Bonchev–Trinajstić information content (AvgIpc) is 3.20. The van der Waals surface area contributed by atoms with E-state index in [4.69, 9.17) is 0 Å². The quantitative estimate of drug-likeness (QED) is 0.792. The first-order valence-electron chi connectivity index (χ1n) is 9.92. The Morgan fingerprint density at radius 2 is 1.79 bits per heavy atom. The summed E-state index contributed by atoms with van der Waals surface area (Å²) in [7, 11) is 2.23. The number of nitrogens with one attached hydrogen (secondary N) is 1. The van der Waals surface area contributed by atoms with Crippen molar-refractivity contribution in [1.29, 1.82) is 0 Å². The number of hydrogen-bond acceptors (Lipinski definition) is 4. The zero-order valence-electron chi connectivity index (χ0n) is 15.7. The number of likely N-dealkylation sites (tertiary alicyclic amines) is 3.